The zero-order valence-corrected chi connectivity index (χ0v) is 18.6. The van der Waals surface area contributed by atoms with Crippen molar-refractivity contribution in [2.45, 2.75) is 45.6 Å². The van der Waals surface area contributed by atoms with E-state index in [0.29, 0.717) is 18.9 Å². The summed E-state index contributed by atoms with van der Waals surface area (Å²) < 4.78 is 19.0. The number of aromatic nitrogens is 1. The summed E-state index contributed by atoms with van der Waals surface area (Å²) in [7, 11) is 0. The second kappa shape index (κ2) is 7.80. The second-order valence-corrected chi connectivity index (χ2v) is 10.2. The molecule has 2 aliphatic carbocycles. The molecule has 3 fully saturated rings. The first-order valence-electron chi connectivity index (χ1n) is 11.6. The molecular formula is C27H30FNO3. The Bertz CT molecular complexity index is 1050. The van der Waals surface area contributed by atoms with Crippen LogP contribution in [0.4, 0.5) is 4.39 Å². The molecule has 0 unspecified atom stereocenters. The first-order valence-corrected chi connectivity index (χ1v) is 11.6. The van der Waals surface area contributed by atoms with E-state index in [0.717, 1.165) is 36.1 Å². The first kappa shape index (κ1) is 21.3. The number of cyclic esters (lactones) is 1. The fraction of sp³-hybridized carbons (Fsp3) is 0.481. The smallest absolute Gasteiger partial charge is 0.309 e. The van der Waals surface area contributed by atoms with Gasteiger partial charge in [-0.05, 0) is 66.9 Å². The Labute approximate surface area is 188 Å². The molecular weight excluding hydrogens is 405 g/mol. The van der Waals surface area contributed by atoms with Crippen molar-refractivity contribution < 1.29 is 19.0 Å². The Morgan fingerprint density at radius 2 is 2.00 bits per heavy atom. The number of hydrogen-bond donors (Lipinski definition) is 1. The summed E-state index contributed by atoms with van der Waals surface area (Å²) in [4.78, 5) is 17.1. The van der Waals surface area contributed by atoms with E-state index < -0.39 is 11.5 Å². The molecule has 32 heavy (non-hydrogen) atoms. The van der Waals surface area contributed by atoms with Crippen LogP contribution in [-0.4, -0.2) is 28.8 Å². The first-order chi connectivity index (χ1) is 15.3. The van der Waals surface area contributed by atoms with E-state index >= 15 is 0 Å². The summed E-state index contributed by atoms with van der Waals surface area (Å²) in [5.41, 5.74) is 1.84. The van der Waals surface area contributed by atoms with Crippen LogP contribution in [0.3, 0.4) is 0 Å². The molecule has 2 saturated carbocycles. The van der Waals surface area contributed by atoms with Gasteiger partial charge in [0, 0.05) is 23.1 Å². The minimum absolute atomic E-state index is 0.0560. The van der Waals surface area contributed by atoms with Gasteiger partial charge in [-0.25, -0.2) is 4.39 Å². The number of carbonyl (C=O) groups excluding carboxylic acids is 1. The van der Waals surface area contributed by atoms with Crippen LogP contribution in [0.15, 0.2) is 48.7 Å². The maximum absolute atomic E-state index is 13.5. The Morgan fingerprint density at radius 1 is 1.16 bits per heavy atom. The molecule has 5 rings (SSSR count). The van der Waals surface area contributed by atoms with Gasteiger partial charge in [0.2, 0.25) is 0 Å². The molecule has 3 aliphatic rings. The van der Waals surface area contributed by atoms with E-state index in [1.807, 2.05) is 24.3 Å². The molecule has 1 aromatic carbocycles. The normalized spacial score (nSPS) is 36.6. The number of rotatable bonds is 3. The molecule has 1 N–H and O–H groups in total. The molecule has 4 nitrogen and oxygen atoms in total. The average Bonchev–Trinajstić information content (AvgIpc) is 3.18. The van der Waals surface area contributed by atoms with Gasteiger partial charge in [0.15, 0.2) is 0 Å². The molecule has 5 heteroatoms. The molecule has 0 bridgehead atoms. The third kappa shape index (κ3) is 3.38. The number of carbonyl (C=O) groups is 1. The van der Waals surface area contributed by atoms with Crippen molar-refractivity contribution in [3.63, 3.8) is 0 Å². The zero-order chi connectivity index (χ0) is 22.5. The van der Waals surface area contributed by atoms with Crippen LogP contribution in [-0.2, 0) is 9.53 Å². The number of ether oxygens (including phenoxy) is 1. The molecule has 6 atom stereocenters. The number of esters is 1. The van der Waals surface area contributed by atoms with Crippen LogP contribution in [0.2, 0.25) is 0 Å². The van der Waals surface area contributed by atoms with E-state index in [2.05, 4.69) is 24.9 Å². The SMILES string of the molecule is C[C@]1(/C=C/c2ccc(-c3cccc(F)c3)cn2)[C@H]2CC[C@@H]3COC(=O)[C@H]3[C@]2(C)CC[C@@H]1O. The zero-order valence-electron chi connectivity index (χ0n) is 18.6. The molecule has 1 saturated heterocycles. The summed E-state index contributed by atoms with van der Waals surface area (Å²) in [6.45, 7) is 4.89. The summed E-state index contributed by atoms with van der Waals surface area (Å²) in [6.07, 6.45) is 8.84. The molecule has 0 spiro atoms. The van der Waals surface area contributed by atoms with E-state index in [-0.39, 0.29) is 29.0 Å². The van der Waals surface area contributed by atoms with Crippen molar-refractivity contribution in [1.82, 2.24) is 4.98 Å². The lowest BCUT2D eigenvalue weighted by molar-refractivity contribution is -0.159. The van der Waals surface area contributed by atoms with Crippen LogP contribution >= 0.6 is 0 Å². The molecule has 0 amide bonds. The van der Waals surface area contributed by atoms with E-state index in [1.54, 1.807) is 12.3 Å². The van der Waals surface area contributed by atoms with Gasteiger partial charge in [-0.2, -0.15) is 0 Å². The Morgan fingerprint density at radius 3 is 2.75 bits per heavy atom. The van der Waals surface area contributed by atoms with Gasteiger partial charge in [-0.15, -0.1) is 0 Å². The Kier molecular flexibility index (Phi) is 5.20. The highest BCUT2D eigenvalue weighted by atomic mass is 19.1. The summed E-state index contributed by atoms with van der Waals surface area (Å²) in [6, 6.07) is 10.3. The predicted octanol–water partition coefficient (Wildman–Crippen LogP) is 5.27. The molecule has 0 radical (unpaired) electrons. The van der Waals surface area contributed by atoms with Crippen molar-refractivity contribution in [3.05, 3.63) is 60.2 Å². The van der Waals surface area contributed by atoms with Crippen molar-refractivity contribution in [1.29, 1.82) is 0 Å². The lowest BCUT2D eigenvalue weighted by Crippen LogP contribution is -2.57. The van der Waals surface area contributed by atoms with Crippen LogP contribution in [0.1, 0.15) is 45.2 Å². The number of halogens is 1. The topological polar surface area (TPSA) is 59.4 Å². The lowest BCUT2D eigenvalue weighted by Gasteiger charge is -2.58. The number of pyridine rings is 1. The number of aliphatic hydroxyl groups excluding tert-OH is 1. The summed E-state index contributed by atoms with van der Waals surface area (Å²) in [5.74, 6) is 0.122. The predicted molar refractivity (Wildman–Crippen MR) is 121 cm³/mol. The number of aliphatic hydroxyl groups is 1. The minimum Gasteiger partial charge on any atom is -0.465 e. The van der Waals surface area contributed by atoms with Gasteiger partial charge in [0.25, 0.3) is 0 Å². The largest absolute Gasteiger partial charge is 0.465 e. The Balaban J connectivity index is 1.41. The highest BCUT2D eigenvalue weighted by Gasteiger charge is 2.62. The van der Waals surface area contributed by atoms with Gasteiger partial charge in [0.05, 0.1) is 24.3 Å². The highest BCUT2D eigenvalue weighted by molar-refractivity contribution is 5.76. The summed E-state index contributed by atoms with van der Waals surface area (Å²) in [5, 5.41) is 11.1. The van der Waals surface area contributed by atoms with Gasteiger partial charge < -0.3 is 9.84 Å². The van der Waals surface area contributed by atoms with Crippen LogP contribution in [0.5, 0.6) is 0 Å². The molecule has 2 aromatic rings. The standard InChI is InChI=1S/C27H30FNO3/c1-26(12-10-21-8-6-18(15-29-21)17-4-3-5-20(28)14-17)22-9-7-19-16-32-25(31)24(19)27(22,2)13-11-23(26)30/h3-6,8,10,12,14-15,19,22-24,30H,7,9,11,13,16H2,1-2H3/b12-10+/t19-,22-,23+,24+,26+,27-/m1/s1. The van der Waals surface area contributed by atoms with Gasteiger partial charge in [0.1, 0.15) is 5.82 Å². The van der Waals surface area contributed by atoms with Gasteiger partial charge in [-0.1, -0.05) is 38.1 Å². The number of hydrogen-bond acceptors (Lipinski definition) is 4. The fourth-order valence-corrected chi connectivity index (χ4v) is 6.73. The number of fused-ring (bicyclic) bond motifs is 3. The fourth-order valence-electron chi connectivity index (χ4n) is 6.73. The van der Waals surface area contributed by atoms with Crippen LogP contribution < -0.4 is 0 Å². The van der Waals surface area contributed by atoms with Crippen molar-refractivity contribution in [2.75, 3.05) is 6.61 Å². The summed E-state index contributed by atoms with van der Waals surface area (Å²) >= 11 is 0. The third-order valence-electron chi connectivity index (χ3n) is 8.48. The van der Waals surface area contributed by atoms with Crippen LogP contribution in [0.25, 0.3) is 17.2 Å². The quantitative estimate of drug-likeness (QED) is 0.668. The van der Waals surface area contributed by atoms with Crippen molar-refractivity contribution >= 4 is 12.0 Å². The highest BCUT2D eigenvalue weighted by Crippen LogP contribution is 2.63. The number of benzene rings is 1. The Hall–Kier alpha value is -2.53. The lowest BCUT2D eigenvalue weighted by atomic mass is 9.45. The molecule has 168 valence electrons. The van der Waals surface area contributed by atoms with E-state index in [4.69, 9.17) is 4.74 Å². The second-order valence-electron chi connectivity index (χ2n) is 10.2. The number of nitrogens with zero attached hydrogens (tertiary/aromatic N) is 1. The molecule has 2 heterocycles. The van der Waals surface area contributed by atoms with Crippen molar-refractivity contribution in [2.24, 2.45) is 28.6 Å². The third-order valence-corrected chi connectivity index (χ3v) is 8.48. The van der Waals surface area contributed by atoms with Gasteiger partial charge >= 0.3 is 5.97 Å². The molecule has 1 aromatic heterocycles. The maximum atomic E-state index is 13.5. The molecule has 1 aliphatic heterocycles. The van der Waals surface area contributed by atoms with E-state index in [1.165, 1.54) is 12.1 Å². The maximum Gasteiger partial charge on any atom is 0.309 e. The van der Waals surface area contributed by atoms with Crippen molar-refractivity contribution in [3.8, 4) is 11.1 Å². The average molecular weight is 436 g/mol. The van der Waals surface area contributed by atoms with Gasteiger partial charge in [-0.3, -0.25) is 9.78 Å². The monoisotopic (exact) mass is 435 g/mol. The minimum atomic E-state index is -0.461. The van der Waals surface area contributed by atoms with E-state index in [9.17, 15) is 14.3 Å². The van der Waals surface area contributed by atoms with Crippen LogP contribution in [0, 0.1) is 34.4 Å².